The number of anilines is 1. The monoisotopic (exact) mass is 245 g/mol. The Morgan fingerprint density at radius 1 is 1.29 bits per heavy atom. The van der Waals surface area contributed by atoms with Crippen molar-refractivity contribution in [2.75, 3.05) is 5.32 Å². The van der Waals surface area contributed by atoms with Gasteiger partial charge in [0.05, 0.1) is 0 Å². The van der Waals surface area contributed by atoms with E-state index in [1.807, 2.05) is 18.2 Å². The number of nitrogens with one attached hydrogen (secondary N) is 1. The van der Waals surface area contributed by atoms with Gasteiger partial charge in [-0.3, -0.25) is 4.79 Å². The zero-order chi connectivity index (χ0) is 12.3. The third-order valence-electron chi connectivity index (χ3n) is 2.25. The first kappa shape index (κ1) is 11.5. The number of aryl methyl sites for hydroxylation is 1. The molecular formula is C12H11N3OS. The molecule has 0 saturated carbocycles. The molecular weight excluding hydrogens is 234 g/mol. The van der Waals surface area contributed by atoms with E-state index in [9.17, 15) is 4.79 Å². The van der Waals surface area contributed by atoms with E-state index in [0.29, 0.717) is 16.2 Å². The molecule has 0 bridgehead atoms. The number of benzene rings is 1. The van der Waals surface area contributed by atoms with Crippen LogP contribution in [0.3, 0.4) is 0 Å². The Morgan fingerprint density at radius 3 is 2.65 bits per heavy atom. The van der Waals surface area contributed by atoms with Crippen LogP contribution in [0.1, 0.15) is 10.4 Å². The third-order valence-corrected chi connectivity index (χ3v) is 2.63. The molecule has 1 heterocycles. The summed E-state index contributed by atoms with van der Waals surface area (Å²) >= 11 is 5.01. The van der Waals surface area contributed by atoms with Crippen molar-refractivity contribution in [2.24, 2.45) is 7.05 Å². The highest BCUT2D eigenvalue weighted by Crippen LogP contribution is 2.05. The largest absolute Gasteiger partial charge is 0.327 e. The molecule has 1 N–H and O–H groups in total. The molecule has 0 aliphatic heterocycles. The summed E-state index contributed by atoms with van der Waals surface area (Å²) < 4.78 is 2.13. The van der Waals surface area contributed by atoms with E-state index < -0.39 is 0 Å². The van der Waals surface area contributed by atoms with Gasteiger partial charge in [-0.25, -0.2) is 4.98 Å². The van der Waals surface area contributed by atoms with Gasteiger partial charge in [0.25, 0.3) is 5.91 Å². The van der Waals surface area contributed by atoms with E-state index in [1.54, 1.807) is 36.0 Å². The Hall–Kier alpha value is -2.01. The van der Waals surface area contributed by atoms with Crippen LogP contribution in [0.4, 0.5) is 5.82 Å². The molecule has 1 aromatic carbocycles. The summed E-state index contributed by atoms with van der Waals surface area (Å²) in [6.07, 6.45) is 1.76. The van der Waals surface area contributed by atoms with Crippen molar-refractivity contribution in [3.8, 4) is 0 Å². The fourth-order valence-electron chi connectivity index (χ4n) is 1.31. The van der Waals surface area contributed by atoms with Crippen molar-refractivity contribution >= 4 is 23.9 Å². The smallest absolute Gasteiger partial charge is 0.256 e. The van der Waals surface area contributed by atoms with Gasteiger partial charge in [-0.05, 0) is 30.4 Å². The SMILES string of the molecule is Cn1ccc(NC(=O)c2ccccc2)nc1=S. The lowest BCUT2D eigenvalue weighted by Gasteiger charge is -2.05. The first-order valence-corrected chi connectivity index (χ1v) is 5.48. The third kappa shape index (κ3) is 2.76. The number of rotatable bonds is 2. The minimum absolute atomic E-state index is 0.193. The maximum absolute atomic E-state index is 11.8. The van der Waals surface area contributed by atoms with Crippen LogP contribution in [-0.2, 0) is 7.05 Å². The summed E-state index contributed by atoms with van der Waals surface area (Å²) in [7, 11) is 1.80. The number of carbonyl (C=O) groups excluding carboxylic acids is 1. The molecule has 2 rings (SSSR count). The van der Waals surface area contributed by atoms with Crippen LogP contribution in [0.25, 0.3) is 0 Å². The topological polar surface area (TPSA) is 46.9 Å². The predicted molar refractivity (Wildman–Crippen MR) is 68.4 cm³/mol. The highest BCUT2D eigenvalue weighted by atomic mass is 32.1. The van der Waals surface area contributed by atoms with Crippen molar-refractivity contribution in [1.29, 1.82) is 0 Å². The number of hydrogen-bond donors (Lipinski definition) is 1. The molecule has 5 heteroatoms. The van der Waals surface area contributed by atoms with Gasteiger partial charge in [-0.1, -0.05) is 18.2 Å². The maximum Gasteiger partial charge on any atom is 0.256 e. The van der Waals surface area contributed by atoms with Crippen LogP contribution in [-0.4, -0.2) is 15.5 Å². The van der Waals surface area contributed by atoms with Crippen LogP contribution in [0, 0.1) is 4.77 Å². The van der Waals surface area contributed by atoms with Gasteiger partial charge in [0.15, 0.2) is 0 Å². The van der Waals surface area contributed by atoms with Crippen LogP contribution in [0.15, 0.2) is 42.6 Å². The van der Waals surface area contributed by atoms with Gasteiger partial charge in [0.2, 0.25) is 4.77 Å². The molecule has 1 aromatic heterocycles. The van der Waals surface area contributed by atoms with E-state index in [2.05, 4.69) is 10.3 Å². The summed E-state index contributed by atoms with van der Waals surface area (Å²) in [5.74, 6) is 0.267. The average Bonchev–Trinajstić information content (AvgIpc) is 2.35. The van der Waals surface area contributed by atoms with Gasteiger partial charge in [-0.15, -0.1) is 0 Å². The van der Waals surface area contributed by atoms with E-state index in [4.69, 9.17) is 12.2 Å². The molecule has 0 aliphatic carbocycles. The number of amides is 1. The Bertz CT molecular complexity index is 592. The zero-order valence-electron chi connectivity index (χ0n) is 9.25. The maximum atomic E-state index is 11.8. The van der Waals surface area contributed by atoms with Crippen molar-refractivity contribution in [3.63, 3.8) is 0 Å². The minimum Gasteiger partial charge on any atom is -0.327 e. The molecule has 0 spiro atoms. The lowest BCUT2D eigenvalue weighted by Crippen LogP contribution is -2.13. The Balaban J connectivity index is 2.19. The fourth-order valence-corrected chi connectivity index (χ4v) is 1.47. The van der Waals surface area contributed by atoms with Gasteiger partial charge in [0, 0.05) is 18.8 Å². The quantitative estimate of drug-likeness (QED) is 0.826. The Morgan fingerprint density at radius 2 is 2.00 bits per heavy atom. The molecule has 17 heavy (non-hydrogen) atoms. The summed E-state index contributed by atoms with van der Waals surface area (Å²) in [4.78, 5) is 15.9. The average molecular weight is 245 g/mol. The molecule has 2 aromatic rings. The van der Waals surface area contributed by atoms with Gasteiger partial charge < -0.3 is 9.88 Å². The van der Waals surface area contributed by atoms with Gasteiger partial charge >= 0.3 is 0 Å². The van der Waals surface area contributed by atoms with Crippen LogP contribution in [0.5, 0.6) is 0 Å². The van der Waals surface area contributed by atoms with Crippen molar-refractivity contribution in [2.45, 2.75) is 0 Å². The number of hydrogen-bond acceptors (Lipinski definition) is 3. The van der Waals surface area contributed by atoms with E-state index in [1.165, 1.54) is 0 Å². The lowest BCUT2D eigenvalue weighted by molar-refractivity contribution is 0.102. The number of nitrogens with zero attached hydrogens (tertiary/aromatic N) is 2. The molecule has 0 aliphatic rings. The highest BCUT2D eigenvalue weighted by molar-refractivity contribution is 7.71. The van der Waals surface area contributed by atoms with E-state index in [-0.39, 0.29) is 5.91 Å². The molecule has 0 unspecified atom stereocenters. The minimum atomic E-state index is -0.193. The number of carbonyl (C=O) groups is 1. The summed E-state index contributed by atoms with van der Waals surface area (Å²) in [6.45, 7) is 0. The Labute approximate surface area is 104 Å². The molecule has 4 nitrogen and oxygen atoms in total. The molecule has 0 radical (unpaired) electrons. The van der Waals surface area contributed by atoms with Crippen LogP contribution < -0.4 is 5.32 Å². The first-order chi connectivity index (χ1) is 8.16. The van der Waals surface area contributed by atoms with Crippen molar-refractivity contribution in [3.05, 3.63) is 52.9 Å². The van der Waals surface area contributed by atoms with Crippen molar-refractivity contribution in [1.82, 2.24) is 9.55 Å². The second kappa shape index (κ2) is 4.88. The van der Waals surface area contributed by atoms with E-state index >= 15 is 0 Å². The van der Waals surface area contributed by atoms with Gasteiger partial charge in [-0.2, -0.15) is 0 Å². The molecule has 86 valence electrons. The van der Waals surface area contributed by atoms with Gasteiger partial charge in [0.1, 0.15) is 5.82 Å². The summed E-state index contributed by atoms with van der Waals surface area (Å²) in [5, 5.41) is 2.70. The predicted octanol–water partition coefficient (Wildman–Crippen LogP) is 2.40. The molecule has 0 saturated heterocycles. The van der Waals surface area contributed by atoms with E-state index in [0.717, 1.165) is 0 Å². The normalized spacial score (nSPS) is 9.94. The standard InChI is InChI=1S/C12H11N3OS/c1-15-8-7-10(14-12(15)17)13-11(16)9-5-3-2-4-6-9/h2-8H,1H3,(H,13,14,16,17). The Kier molecular flexibility index (Phi) is 3.30. The van der Waals surface area contributed by atoms with Crippen molar-refractivity contribution < 1.29 is 4.79 Å². The first-order valence-electron chi connectivity index (χ1n) is 5.07. The zero-order valence-corrected chi connectivity index (χ0v) is 10.1. The molecule has 0 atom stereocenters. The lowest BCUT2D eigenvalue weighted by atomic mass is 10.2. The second-order valence-electron chi connectivity index (χ2n) is 3.53. The number of aromatic nitrogens is 2. The molecule has 1 amide bonds. The summed E-state index contributed by atoms with van der Waals surface area (Å²) in [6, 6.07) is 10.7. The second-order valence-corrected chi connectivity index (χ2v) is 3.89. The fraction of sp³-hybridized carbons (Fsp3) is 0.0833. The van der Waals surface area contributed by atoms with Crippen LogP contribution >= 0.6 is 12.2 Å². The van der Waals surface area contributed by atoms with Crippen LogP contribution in [0.2, 0.25) is 0 Å². The summed E-state index contributed by atoms with van der Waals surface area (Å²) in [5.41, 5.74) is 0.591. The molecule has 0 fully saturated rings. The highest BCUT2D eigenvalue weighted by Gasteiger charge is 2.05.